The Morgan fingerprint density at radius 2 is 2.27 bits per heavy atom. The van der Waals surface area contributed by atoms with Gasteiger partial charge in [0.05, 0.1) is 21.9 Å². The average molecular weight is 213 g/mol. The summed E-state index contributed by atoms with van der Waals surface area (Å²) in [7, 11) is 1.90. The van der Waals surface area contributed by atoms with Gasteiger partial charge in [0.25, 0.3) is 0 Å². The first-order valence-electron chi connectivity index (χ1n) is 4.33. The summed E-state index contributed by atoms with van der Waals surface area (Å²) >= 11 is 4.54. The van der Waals surface area contributed by atoms with Gasteiger partial charge in [0.2, 0.25) is 0 Å². The summed E-state index contributed by atoms with van der Waals surface area (Å²) < 4.78 is 1.90. The number of aryl methyl sites for hydroxylation is 1. The number of isothiocyanates is 1. The second-order valence-corrected chi connectivity index (χ2v) is 3.35. The molecular weight excluding hydrogens is 206 g/mol. The highest BCUT2D eigenvalue weighted by Gasteiger charge is 2.05. The number of rotatable bonds is 1. The fourth-order valence-corrected chi connectivity index (χ4v) is 1.69. The highest BCUT2D eigenvalue weighted by molar-refractivity contribution is 7.78. The molecule has 0 radical (unpaired) electrons. The molecule has 0 atom stereocenters. The zero-order valence-electron chi connectivity index (χ0n) is 8.06. The number of aliphatic imine (C=N–C) groups is 1. The zero-order chi connectivity index (χ0) is 10.8. The third-order valence-corrected chi connectivity index (χ3v) is 2.36. The van der Waals surface area contributed by atoms with E-state index in [0.29, 0.717) is 5.56 Å². The van der Waals surface area contributed by atoms with E-state index in [-0.39, 0.29) is 0 Å². The number of nitriles is 1. The molecule has 0 aliphatic heterocycles. The minimum Gasteiger partial charge on any atom is -0.349 e. The van der Waals surface area contributed by atoms with Crippen LogP contribution in [-0.2, 0) is 7.05 Å². The number of thiocarbonyl (C=S) groups is 1. The van der Waals surface area contributed by atoms with Crippen molar-refractivity contribution < 1.29 is 0 Å². The van der Waals surface area contributed by atoms with Crippen molar-refractivity contribution in [2.45, 2.75) is 0 Å². The van der Waals surface area contributed by atoms with Gasteiger partial charge < -0.3 is 4.57 Å². The monoisotopic (exact) mass is 213 g/mol. The maximum absolute atomic E-state index is 8.91. The van der Waals surface area contributed by atoms with Crippen molar-refractivity contribution in [3.63, 3.8) is 0 Å². The van der Waals surface area contributed by atoms with Crippen molar-refractivity contribution in [3.8, 4) is 6.07 Å². The Morgan fingerprint density at radius 1 is 1.47 bits per heavy atom. The molecule has 0 amide bonds. The minimum atomic E-state index is 0.672. The van der Waals surface area contributed by atoms with Crippen molar-refractivity contribution in [3.05, 3.63) is 30.0 Å². The van der Waals surface area contributed by atoms with Crippen LogP contribution in [0.5, 0.6) is 0 Å². The summed E-state index contributed by atoms with van der Waals surface area (Å²) in [6.07, 6.45) is 1.80. The highest BCUT2D eigenvalue weighted by Crippen LogP contribution is 2.24. The number of hydrogen-bond donors (Lipinski definition) is 0. The van der Waals surface area contributed by atoms with Crippen molar-refractivity contribution in [2.24, 2.45) is 12.0 Å². The number of fused-ring (bicyclic) bond motifs is 1. The van der Waals surface area contributed by atoms with Gasteiger partial charge in [-0.05, 0) is 30.4 Å². The van der Waals surface area contributed by atoms with E-state index in [0.717, 1.165) is 16.6 Å². The molecule has 2 aromatic rings. The Bertz CT molecular complexity index is 613. The summed E-state index contributed by atoms with van der Waals surface area (Å²) in [5, 5.41) is 12.2. The molecule has 15 heavy (non-hydrogen) atoms. The lowest BCUT2D eigenvalue weighted by Gasteiger charge is -1.96. The molecule has 0 fully saturated rings. The van der Waals surface area contributed by atoms with E-state index in [9.17, 15) is 0 Å². The first-order chi connectivity index (χ1) is 7.26. The zero-order valence-corrected chi connectivity index (χ0v) is 8.88. The van der Waals surface area contributed by atoms with Gasteiger partial charge in [0, 0.05) is 18.6 Å². The number of aromatic nitrogens is 1. The maximum Gasteiger partial charge on any atom is 0.101 e. The molecule has 72 valence electrons. The molecule has 0 spiro atoms. The van der Waals surface area contributed by atoms with Crippen LogP contribution < -0.4 is 0 Å². The van der Waals surface area contributed by atoms with Gasteiger partial charge in [-0.2, -0.15) is 10.3 Å². The Labute approximate surface area is 92.3 Å². The third-order valence-electron chi connectivity index (χ3n) is 2.27. The van der Waals surface area contributed by atoms with Crippen LogP contribution in [0.3, 0.4) is 0 Å². The lowest BCUT2D eigenvalue weighted by molar-refractivity contribution is 0.967. The number of benzene rings is 1. The Morgan fingerprint density at radius 3 is 2.93 bits per heavy atom. The topological polar surface area (TPSA) is 41.1 Å². The normalized spacial score (nSPS) is 9.60. The molecule has 1 aromatic carbocycles. The van der Waals surface area contributed by atoms with Gasteiger partial charge in [0.1, 0.15) is 6.07 Å². The van der Waals surface area contributed by atoms with Gasteiger partial charge in [-0.15, -0.1) is 0 Å². The van der Waals surface area contributed by atoms with Crippen molar-refractivity contribution in [2.75, 3.05) is 0 Å². The molecule has 1 aromatic heterocycles. The van der Waals surface area contributed by atoms with Crippen molar-refractivity contribution in [1.29, 1.82) is 5.26 Å². The second kappa shape index (κ2) is 3.66. The van der Waals surface area contributed by atoms with Gasteiger partial charge in [-0.25, -0.2) is 0 Å². The van der Waals surface area contributed by atoms with Gasteiger partial charge in [-0.3, -0.25) is 0 Å². The molecule has 0 aliphatic carbocycles. The smallest absolute Gasteiger partial charge is 0.101 e. The van der Waals surface area contributed by atoms with E-state index in [1.54, 1.807) is 6.20 Å². The first-order valence-corrected chi connectivity index (χ1v) is 4.74. The first kappa shape index (κ1) is 9.60. The molecule has 0 unspecified atom stereocenters. The van der Waals surface area contributed by atoms with Gasteiger partial charge in [0.15, 0.2) is 0 Å². The van der Waals surface area contributed by atoms with Gasteiger partial charge in [-0.1, -0.05) is 0 Å². The fraction of sp³-hybridized carbons (Fsp3) is 0.0909. The maximum atomic E-state index is 8.91. The van der Waals surface area contributed by atoms with Crippen LogP contribution in [0.15, 0.2) is 29.4 Å². The van der Waals surface area contributed by atoms with E-state index in [1.165, 1.54) is 0 Å². The SMILES string of the molecule is Cn1cc(C#N)c2ccc(N=C=S)cc21. The third kappa shape index (κ3) is 1.55. The van der Waals surface area contributed by atoms with Crippen LogP contribution in [0, 0.1) is 11.3 Å². The van der Waals surface area contributed by atoms with E-state index in [4.69, 9.17) is 5.26 Å². The largest absolute Gasteiger partial charge is 0.349 e. The summed E-state index contributed by atoms with van der Waals surface area (Å²) in [5.41, 5.74) is 2.40. The number of nitrogens with zero attached hydrogens (tertiary/aromatic N) is 3. The average Bonchev–Trinajstić information content (AvgIpc) is 2.56. The summed E-state index contributed by atoms with van der Waals surface area (Å²) in [5.74, 6) is 0. The molecule has 4 heteroatoms. The quantitative estimate of drug-likeness (QED) is 0.540. The molecular formula is C11H7N3S. The summed E-state index contributed by atoms with van der Waals surface area (Å²) in [6, 6.07) is 7.74. The van der Waals surface area contributed by atoms with E-state index in [1.807, 2.05) is 29.8 Å². The van der Waals surface area contributed by atoms with Gasteiger partial charge >= 0.3 is 0 Å². The second-order valence-electron chi connectivity index (χ2n) is 3.17. The standard InChI is InChI=1S/C11H7N3S/c1-14-6-8(5-12)10-3-2-9(13-7-15)4-11(10)14/h2-4,6H,1H3. The molecule has 0 saturated heterocycles. The molecule has 3 nitrogen and oxygen atoms in total. The summed E-state index contributed by atoms with van der Waals surface area (Å²) in [6.45, 7) is 0. The van der Waals surface area contributed by atoms with E-state index < -0.39 is 0 Å². The Balaban J connectivity index is 2.78. The van der Waals surface area contributed by atoms with Crippen LogP contribution in [0.2, 0.25) is 0 Å². The van der Waals surface area contributed by atoms with Crippen LogP contribution in [0.1, 0.15) is 5.56 Å². The predicted octanol–water partition coefficient (Wildman–Crippen LogP) is 2.78. The van der Waals surface area contributed by atoms with E-state index >= 15 is 0 Å². The number of hydrogen-bond acceptors (Lipinski definition) is 3. The minimum absolute atomic E-state index is 0.672. The Hall–Kier alpha value is -1.95. The molecule has 2 rings (SSSR count). The van der Waals surface area contributed by atoms with Crippen LogP contribution >= 0.6 is 12.2 Å². The molecule has 0 saturated carbocycles. The molecule has 0 N–H and O–H groups in total. The van der Waals surface area contributed by atoms with E-state index in [2.05, 4.69) is 28.4 Å². The van der Waals surface area contributed by atoms with Crippen molar-refractivity contribution >= 4 is 34.0 Å². The fourth-order valence-electron chi connectivity index (χ4n) is 1.58. The molecule has 1 heterocycles. The summed E-state index contributed by atoms with van der Waals surface area (Å²) in [4.78, 5) is 3.90. The van der Waals surface area contributed by atoms with Crippen molar-refractivity contribution in [1.82, 2.24) is 4.57 Å². The highest BCUT2D eigenvalue weighted by atomic mass is 32.1. The molecule has 0 aliphatic rings. The lowest BCUT2D eigenvalue weighted by Crippen LogP contribution is -1.82. The van der Waals surface area contributed by atoms with Crippen LogP contribution in [0.25, 0.3) is 10.9 Å². The Kier molecular flexibility index (Phi) is 2.34. The van der Waals surface area contributed by atoms with Crippen LogP contribution in [0.4, 0.5) is 5.69 Å². The lowest BCUT2D eigenvalue weighted by atomic mass is 10.2. The predicted molar refractivity (Wildman–Crippen MR) is 62.3 cm³/mol. The molecule has 0 bridgehead atoms. The van der Waals surface area contributed by atoms with Crippen LogP contribution in [-0.4, -0.2) is 9.73 Å².